The van der Waals surface area contributed by atoms with Gasteiger partial charge in [0.15, 0.2) is 11.5 Å². The van der Waals surface area contributed by atoms with Crippen molar-refractivity contribution in [3.63, 3.8) is 0 Å². The quantitative estimate of drug-likeness (QED) is 0.612. The molecular weight excluding hydrogens is 296 g/mol. The van der Waals surface area contributed by atoms with Crippen molar-refractivity contribution >= 4 is 5.69 Å². The van der Waals surface area contributed by atoms with Crippen LogP contribution in [0.5, 0.6) is 17.2 Å². The van der Waals surface area contributed by atoms with E-state index in [1.54, 1.807) is 26.4 Å². The summed E-state index contributed by atoms with van der Waals surface area (Å²) in [5.41, 5.74) is 6.41. The number of hydrogen-bond donors (Lipinski definition) is 1. The maximum Gasteiger partial charge on any atom is 0.203 e. The SMILES string of the molecule is COc1cc(N)cc(OC)c1OCCCN1CC(C)OC(C)C1. The van der Waals surface area contributed by atoms with Gasteiger partial charge in [0, 0.05) is 37.5 Å². The van der Waals surface area contributed by atoms with Crippen molar-refractivity contribution in [3.8, 4) is 17.2 Å². The number of ether oxygens (including phenoxy) is 4. The van der Waals surface area contributed by atoms with E-state index in [-0.39, 0.29) is 12.2 Å². The van der Waals surface area contributed by atoms with Gasteiger partial charge >= 0.3 is 0 Å². The molecule has 0 bridgehead atoms. The number of morpholine rings is 1. The molecule has 1 aromatic rings. The first-order valence-corrected chi connectivity index (χ1v) is 8.05. The maximum atomic E-state index is 5.89. The number of nitrogen functional groups attached to an aromatic ring is 1. The Kier molecular flexibility index (Phi) is 6.36. The Labute approximate surface area is 138 Å². The minimum absolute atomic E-state index is 0.289. The van der Waals surface area contributed by atoms with E-state index < -0.39 is 0 Å². The summed E-state index contributed by atoms with van der Waals surface area (Å²) in [7, 11) is 3.19. The van der Waals surface area contributed by atoms with E-state index >= 15 is 0 Å². The summed E-state index contributed by atoms with van der Waals surface area (Å²) in [6.07, 6.45) is 1.50. The molecule has 1 saturated heterocycles. The van der Waals surface area contributed by atoms with Crippen LogP contribution in [-0.2, 0) is 4.74 Å². The van der Waals surface area contributed by atoms with Crippen molar-refractivity contribution in [2.24, 2.45) is 0 Å². The third-order valence-electron chi connectivity index (χ3n) is 3.84. The summed E-state index contributed by atoms with van der Waals surface area (Å²) in [4.78, 5) is 2.42. The maximum absolute atomic E-state index is 5.89. The molecule has 1 aliphatic rings. The monoisotopic (exact) mass is 324 g/mol. The van der Waals surface area contributed by atoms with Crippen molar-refractivity contribution < 1.29 is 18.9 Å². The fraction of sp³-hybridized carbons (Fsp3) is 0.647. The highest BCUT2D eigenvalue weighted by atomic mass is 16.5. The smallest absolute Gasteiger partial charge is 0.203 e. The lowest BCUT2D eigenvalue weighted by Crippen LogP contribution is -2.45. The van der Waals surface area contributed by atoms with Crippen LogP contribution < -0.4 is 19.9 Å². The molecule has 0 aliphatic carbocycles. The number of nitrogens with two attached hydrogens (primary N) is 1. The highest BCUT2D eigenvalue weighted by Gasteiger charge is 2.21. The third kappa shape index (κ3) is 4.91. The summed E-state index contributed by atoms with van der Waals surface area (Å²) >= 11 is 0. The molecule has 0 spiro atoms. The Morgan fingerprint density at radius 3 is 2.22 bits per heavy atom. The Balaban J connectivity index is 1.86. The lowest BCUT2D eigenvalue weighted by atomic mass is 10.2. The van der Waals surface area contributed by atoms with Crippen molar-refractivity contribution in [1.82, 2.24) is 4.90 Å². The van der Waals surface area contributed by atoms with Gasteiger partial charge in [-0.25, -0.2) is 0 Å². The summed E-state index contributed by atoms with van der Waals surface area (Å²) < 4.78 is 22.3. The van der Waals surface area contributed by atoms with Crippen molar-refractivity contribution in [2.45, 2.75) is 32.5 Å². The van der Waals surface area contributed by atoms with Crippen molar-refractivity contribution in [3.05, 3.63) is 12.1 Å². The van der Waals surface area contributed by atoms with E-state index in [1.807, 2.05) is 0 Å². The Morgan fingerprint density at radius 2 is 1.70 bits per heavy atom. The molecule has 0 saturated carbocycles. The summed E-state index contributed by atoms with van der Waals surface area (Å²) in [6, 6.07) is 3.48. The number of rotatable bonds is 7. The molecule has 0 amide bonds. The van der Waals surface area contributed by atoms with Gasteiger partial charge in [0.05, 0.1) is 33.0 Å². The topological polar surface area (TPSA) is 66.2 Å². The van der Waals surface area contributed by atoms with Crippen LogP contribution in [0.25, 0.3) is 0 Å². The summed E-state index contributed by atoms with van der Waals surface area (Å²) in [6.45, 7) is 7.75. The first kappa shape index (κ1) is 17.7. The van der Waals surface area contributed by atoms with Crippen LogP contribution in [-0.4, -0.2) is 57.6 Å². The van der Waals surface area contributed by atoms with E-state index in [2.05, 4.69) is 18.7 Å². The van der Waals surface area contributed by atoms with Crippen LogP contribution in [0.1, 0.15) is 20.3 Å². The fourth-order valence-electron chi connectivity index (χ4n) is 2.97. The van der Waals surface area contributed by atoms with Gasteiger partial charge in [0.1, 0.15) is 0 Å². The summed E-state index contributed by atoms with van der Waals surface area (Å²) in [5.74, 6) is 1.79. The van der Waals surface area contributed by atoms with Gasteiger partial charge in [0.2, 0.25) is 5.75 Å². The zero-order valence-corrected chi connectivity index (χ0v) is 14.5. The van der Waals surface area contributed by atoms with E-state index in [4.69, 9.17) is 24.7 Å². The number of hydrogen-bond acceptors (Lipinski definition) is 6. The van der Waals surface area contributed by atoms with Crippen LogP contribution in [0.2, 0.25) is 0 Å². The molecule has 1 aromatic carbocycles. The molecule has 2 unspecified atom stereocenters. The molecule has 1 fully saturated rings. The Morgan fingerprint density at radius 1 is 1.13 bits per heavy atom. The minimum Gasteiger partial charge on any atom is -0.493 e. The molecule has 1 heterocycles. The second-order valence-corrected chi connectivity index (χ2v) is 5.97. The molecule has 130 valence electrons. The van der Waals surface area contributed by atoms with Crippen LogP contribution in [0.15, 0.2) is 12.1 Å². The second kappa shape index (κ2) is 8.26. The first-order chi connectivity index (χ1) is 11.0. The Bertz CT molecular complexity index is 474. The van der Waals surface area contributed by atoms with Gasteiger partial charge in [-0.15, -0.1) is 0 Å². The van der Waals surface area contributed by atoms with E-state index in [0.29, 0.717) is 29.5 Å². The lowest BCUT2D eigenvalue weighted by Gasteiger charge is -2.35. The van der Waals surface area contributed by atoms with Crippen molar-refractivity contribution in [2.75, 3.05) is 46.2 Å². The van der Waals surface area contributed by atoms with E-state index in [9.17, 15) is 0 Å². The van der Waals surface area contributed by atoms with E-state index in [0.717, 1.165) is 26.1 Å². The predicted octanol–water partition coefficient (Wildman–Crippen LogP) is 2.16. The van der Waals surface area contributed by atoms with Gasteiger partial charge in [-0.1, -0.05) is 0 Å². The molecule has 1 aliphatic heterocycles. The largest absolute Gasteiger partial charge is 0.493 e. The van der Waals surface area contributed by atoms with Gasteiger partial charge in [-0.3, -0.25) is 4.90 Å². The molecule has 2 N–H and O–H groups in total. The number of anilines is 1. The highest BCUT2D eigenvalue weighted by Crippen LogP contribution is 2.39. The fourth-order valence-corrected chi connectivity index (χ4v) is 2.97. The molecule has 6 heteroatoms. The van der Waals surface area contributed by atoms with Crippen molar-refractivity contribution in [1.29, 1.82) is 0 Å². The number of methoxy groups -OCH3 is 2. The zero-order valence-electron chi connectivity index (χ0n) is 14.5. The molecule has 0 radical (unpaired) electrons. The second-order valence-electron chi connectivity index (χ2n) is 5.97. The summed E-state index contributed by atoms with van der Waals surface area (Å²) in [5, 5.41) is 0. The average molecular weight is 324 g/mol. The number of nitrogens with zero attached hydrogens (tertiary/aromatic N) is 1. The minimum atomic E-state index is 0.289. The lowest BCUT2D eigenvalue weighted by molar-refractivity contribution is -0.0686. The number of benzene rings is 1. The normalized spacial score (nSPS) is 21.9. The molecular formula is C17H28N2O4. The van der Waals surface area contributed by atoms with Crippen LogP contribution in [0.3, 0.4) is 0 Å². The van der Waals surface area contributed by atoms with Crippen LogP contribution in [0, 0.1) is 0 Å². The zero-order chi connectivity index (χ0) is 16.8. The van der Waals surface area contributed by atoms with Crippen LogP contribution in [0.4, 0.5) is 5.69 Å². The Hall–Kier alpha value is -1.66. The van der Waals surface area contributed by atoms with E-state index in [1.165, 1.54) is 0 Å². The van der Waals surface area contributed by atoms with Gasteiger partial charge in [-0.2, -0.15) is 0 Å². The molecule has 0 aromatic heterocycles. The highest BCUT2D eigenvalue weighted by molar-refractivity contribution is 5.60. The first-order valence-electron chi connectivity index (χ1n) is 8.05. The molecule has 2 rings (SSSR count). The predicted molar refractivity (Wildman–Crippen MR) is 90.5 cm³/mol. The average Bonchev–Trinajstić information content (AvgIpc) is 2.50. The molecule has 6 nitrogen and oxygen atoms in total. The van der Waals surface area contributed by atoms with Crippen LogP contribution >= 0.6 is 0 Å². The van der Waals surface area contributed by atoms with Gasteiger partial charge < -0.3 is 24.7 Å². The van der Waals surface area contributed by atoms with Gasteiger partial charge in [-0.05, 0) is 20.3 Å². The molecule has 2 atom stereocenters. The third-order valence-corrected chi connectivity index (χ3v) is 3.84. The molecule has 23 heavy (non-hydrogen) atoms. The van der Waals surface area contributed by atoms with Gasteiger partial charge in [0.25, 0.3) is 0 Å². The standard InChI is InChI=1S/C17H28N2O4/c1-12-10-19(11-13(2)23-12)6-5-7-22-17-15(20-3)8-14(18)9-16(17)21-4/h8-9,12-13H,5-7,10-11,18H2,1-4H3.